The Balaban J connectivity index is 1.59. The minimum atomic E-state index is -0.477. The number of nitro benzene ring substituents is 1. The molecule has 21 heavy (non-hydrogen) atoms. The number of para-hydroxylation sites is 1. The van der Waals surface area contributed by atoms with Gasteiger partial charge in [-0.2, -0.15) is 0 Å². The number of hydrogen-bond acceptors (Lipinski definition) is 3. The van der Waals surface area contributed by atoms with E-state index in [1.54, 1.807) is 18.2 Å². The maximum absolute atomic E-state index is 12.6. The third kappa shape index (κ3) is 1.80. The molecule has 1 amide bonds. The first-order valence-electron chi connectivity index (χ1n) is 7.36. The van der Waals surface area contributed by atoms with E-state index in [0.29, 0.717) is 23.7 Å². The molecule has 5 heteroatoms. The molecule has 3 aliphatic rings. The minimum absolute atomic E-state index is 0.0966. The van der Waals surface area contributed by atoms with Crippen LogP contribution in [0.15, 0.2) is 36.4 Å². The van der Waals surface area contributed by atoms with Crippen LogP contribution in [0.3, 0.4) is 0 Å². The summed E-state index contributed by atoms with van der Waals surface area (Å²) in [7, 11) is 0. The van der Waals surface area contributed by atoms with Gasteiger partial charge >= 0.3 is 0 Å². The number of likely N-dealkylation sites (tertiary alicyclic amines) is 1. The normalized spacial score (nSPS) is 32.5. The SMILES string of the molecule is O=C(c1ccccc1[N+](=O)[O-])N1C[C@@H]2[C@@H](C1)[C@H]1C=C[C@H]2C1. The zero-order valence-electron chi connectivity index (χ0n) is 11.5. The Bertz CT molecular complexity index is 635. The van der Waals surface area contributed by atoms with Crippen molar-refractivity contribution in [3.05, 3.63) is 52.1 Å². The first kappa shape index (κ1) is 12.6. The minimum Gasteiger partial charge on any atom is -0.338 e. The monoisotopic (exact) mass is 284 g/mol. The summed E-state index contributed by atoms with van der Waals surface area (Å²) < 4.78 is 0. The van der Waals surface area contributed by atoms with E-state index in [0.717, 1.165) is 13.1 Å². The molecule has 0 unspecified atom stereocenters. The number of allylic oxidation sites excluding steroid dienone is 2. The first-order valence-corrected chi connectivity index (χ1v) is 7.36. The van der Waals surface area contributed by atoms with Crippen LogP contribution in [0.25, 0.3) is 0 Å². The van der Waals surface area contributed by atoms with Crippen LogP contribution in [0.1, 0.15) is 16.8 Å². The van der Waals surface area contributed by atoms with Crippen LogP contribution in [-0.2, 0) is 0 Å². The van der Waals surface area contributed by atoms with Crippen LogP contribution >= 0.6 is 0 Å². The molecular formula is C16H16N2O3. The first-order chi connectivity index (χ1) is 10.1. The Morgan fingerprint density at radius 2 is 1.76 bits per heavy atom. The molecule has 1 heterocycles. The van der Waals surface area contributed by atoms with Gasteiger partial charge in [0.25, 0.3) is 11.6 Å². The Morgan fingerprint density at radius 3 is 2.38 bits per heavy atom. The summed E-state index contributed by atoms with van der Waals surface area (Å²) in [6.07, 6.45) is 5.79. The number of carbonyl (C=O) groups excluding carboxylic acids is 1. The fourth-order valence-electron chi connectivity index (χ4n) is 4.30. The third-order valence-electron chi connectivity index (χ3n) is 5.28. The van der Waals surface area contributed by atoms with Gasteiger partial charge in [-0.05, 0) is 36.2 Å². The van der Waals surface area contributed by atoms with Crippen molar-refractivity contribution in [2.24, 2.45) is 23.7 Å². The predicted molar refractivity (Wildman–Crippen MR) is 76.7 cm³/mol. The van der Waals surface area contributed by atoms with Crippen LogP contribution in [0.2, 0.25) is 0 Å². The zero-order chi connectivity index (χ0) is 14.6. The van der Waals surface area contributed by atoms with Crippen molar-refractivity contribution in [3.8, 4) is 0 Å². The van der Waals surface area contributed by atoms with E-state index in [1.165, 1.54) is 12.5 Å². The topological polar surface area (TPSA) is 63.4 Å². The molecule has 4 rings (SSSR count). The lowest BCUT2D eigenvalue weighted by Crippen LogP contribution is -2.30. The van der Waals surface area contributed by atoms with Crippen LogP contribution in [0.4, 0.5) is 5.69 Å². The molecule has 0 spiro atoms. The van der Waals surface area contributed by atoms with Gasteiger partial charge in [0.05, 0.1) is 4.92 Å². The third-order valence-corrected chi connectivity index (χ3v) is 5.28. The van der Waals surface area contributed by atoms with Crippen molar-refractivity contribution in [2.75, 3.05) is 13.1 Å². The average Bonchev–Trinajstić information content (AvgIpc) is 3.18. The van der Waals surface area contributed by atoms with Crippen molar-refractivity contribution >= 4 is 11.6 Å². The smallest absolute Gasteiger partial charge is 0.282 e. The largest absolute Gasteiger partial charge is 0.338 e. The Kier molecular flexibility index (Phi) is 2.64. The van der Waals surface area contributed by atoms with Gasteiger partial charge in [-0.15, -0.1) is 0 Å². The van der Waals surface area contributed by atoms with Gasteiger partial charge in [-0.25, -0.2) is 0 Å². The van der Waals surface area contributed by atoms with E-state index in [1.807, 2.05) is 4.90 Å². The quantitative estimate of drug-likeness (QED) is 0.476. The Hall–Kier alpha value is -2.17. The number of amides is 1. The van der Waals surface area contributed by atoms with E-state index >= 15 is 0 Å². The molecule has 1 aromatic rings. The Labute approximate surface area is 122 Å². The Morgan fingerprint density at radius 1 is 1.14 bits per heavy atom. The molecule has 1 aromatic carbocycles. The highest BCUT2D eigenvalue weighted by Crippen LogP contribution is 2.51. The van der Waals surface area contributed by atoms with Crippen molar-refractivity contribution in [2.45, 2.75) is 6.42 Å². The molecule has 2 fully saturated rings. The zero-order valence-corrected chi connectivity index (χ0v) is 11.5. The second kappa shape index (κ2) is 4.41. The number of carbonyl (C=O) groups is 1. The van der Waals surface area contributed by atoms with Crippen molar-refractivity contribution < 1.29 is 9.72 Å². The summed E-state index contributed by atoms with van der Waals surface area (Å²) >= 11 is 0. The second-order valence-corrected chi connectivity index (χ2v) is 6.26. The molecule has 2 bridgehead atoms. The molecule has 1 saturated heterocycles. The number of fused-ring (bicyclic) bond motifs is 5. The van der Waals surface area contributed by atoms with Gasteiger partial charge < -0.3 is 4.90 Å². The molecule has 0 aromatic heterocycles. The van der Waals surface area contributed by atoms with Crippen LogP contribution in [0, 0.1) is 33.8 Å². The van der Waals surface area contributed by atoms with Gasteiger partial charge in [-0.1, -0.05) is 24.3 Å². The molecule has 1 aliphatic heterocycles. The van der Waals surface area contributed by atoms with Gasteiger partial charge in [0, 0.05) is 19.2 Å². The van der Waals surface area contributed by atoms with Gasteiger partial charge in [0.1, 0.15) is 5.56 Å². The second-order valence-electron chi connectivity index (χ2n) is 6.26. The molecule has 0 radical (unpaired) electrons. The standard InChI is InChI=1S/C16H16N2O3/c19-16(12-3-1-2-4-15(12)18(20)21)17-8-13-10-5-6-11(7-10)14(13)9-17/h1-6,10-11,13-14H,7-9H2/t10-,11-,13-,14-/m0/s1. The summed E-state index contributed by atoms with van der Waals surface area (Å²) in [5.74, 6) is 2.10. The van der Waals surface area contributed by atoms with E-state index in [2.05, 4.69) is 12.2 Å². The van der Waals surface area contributed by atoms with Crippen molar-refractivity contribution in [3.63, 3.8) is 0 Å². The van der Waals surface area contributed by atoms with E-state index in [4.69, 9.17) is 0 Å². The lowest BCUT2D eigenvalue weighted by atomic mass is 9.86. The molecular weight excluding hydrogens is 268 g/mol. The molecule has 5 nitrogen and oxygen atoms in total. The highest BCUT2D eigenvalue weighted by Gasteiger charge is 2.50. The number of nitro groups is 1. The average molecular weight is 284 g/mol. The summed E-state index contributed by atoms with van der Waals surface area (Å²) in [5.41, 5.74) is 0.114. The summed E-state index contributed by atoms with van der Waals surface area (Å²) in [5, 5.41) is 11.1. The maximum Gasteiger partial charge on any atom is 0.282 e. The molecule has 4 atom stereocenters. The van der Waals surface area contributed by atoms with Crippen LogP contribution in [-0.4, -0.2) is 28.8 Å². The lowest BCUT2D eigenvalue weighted by molar-refractivity contribution is -0.385. The predicted octanol–water partition coefficient (Wildman–Crippen LogP) is 2.49. The molecule has 0 N–H and O–H groups in total. The molecule has 108 valence electrons. The fourth-order valence-corrected chi connectivity index (χ4v) is 4.30. The lowest BCUT2D eigenvalue weighted by Gasteiger charge is -2.18. The highest BCUT2D eigenvalue weighted by atomic mass is 16.6. The molecule has 1 saturated carbocycles. The van der Waals surface area contributed by atoms with E-state index in [-0.39, 0.29) is 17.2 Å². The van der Waals surface area contributed by atoms with E-state index < -0.39 is 4.92 Å². The highest BCUT2D eigenvalue weighted by molar-refractivity contribution is 5.98. The maximum atomic E-state index is 12.6. The van der Waals surface area contributed by atoms with Gasteiger partial charge in [0.15, 0.2) is 0 Å². The van der Waals surface area contributed by atoms with Gasteiger partial charge in [0.2, 0.25) is 0 Å². The van der Waals surface area contributed by atoms with Crippen molar-refractivity contribution in [1.29, 1.82) is 0 Å². The van der Waals surface area contributed by atoms with Crippen LogP contribution < -0.4 is 0 Å². The molecule has 2 aliphatic carbocycles. The fraction of sp³-hybridized carbons (Fsp3) is 0.438. The van der Waals surface area contributed by atoms with E-state index in [9.17, 15) is 14.9 Å². The summed E-state index contributed by atoms with van der Waals surface area (Å²) in [6, 6.07) is 6.23. The van der Waals surface area contributed by atoms with Crippen LogP contribution in [0.5, 0.6) is 0 Å². The number of rotatable bonds is 2. The van der Waals surface area contributed by atoms with Gasteiger partial charge in [-0.3, -0.25) is 14.9 Å². The number of benzene rings is 1. The van der Waals surface area contributed by atoms with Crippen molar-refractivity contribution in [1.82, 2.24) is 4.90 Å². The summed E-state index contributed by atoms with van der Waals surface area (Å²) in [4.78, 5) is 25.0. The summed E-state index contributed by atoms with van der Waals surface area (Å²) in [6.45, 7) is 1.47. The number of nitrogens with zero attached hydrogens (tertiary/aromatic N) is 2. The number of hydrogen-bond donors (Lipinski definition) is 0.